The first kappa shape index (κ1) is 27.7. The van der Waals surface area contributed by atoms with E-state index in [-0.39, 0.29) is 36.4 Å². The van der Waals surface area contributed by atoms with E-state index in [0.29, 0.717) is 37.9 Å². The molecule has 2 aromatic carbocycles. The van der Waals surface area contributed by atoms with Gasteiger partial charge in [-0.05, 0) is 50.0 Å². The quantitative estimate of drug-likeness (QED) is 0.251. The van der Waals surface area contributed by atoms with Crippen molar-refractivity contribution in [2.24, 2.45) is 5.92 Å². The number of allylic oxidation sites excluding steroid dienone is 1. The third-order valence-corrected chi connectivity index (χ3v) is 7.67. The van der Waals surface area contributed by atoms with E-state index in [0.717, 1.165) is 55.0 Å². The number of benzene rings is 2. The second kappa shape index (κ2) is 14.0. The number of ether oxygens (including phenoxy) is 2. The maximum absolute atomic E-state index is 13.3. The summed E-state index contributed by atoms with van der Waals surface area (Å²) in [6, 6.07) is 13.8. The fourth-order valence-corrected chi connectivity index (χ4v) is 5.45. The number of unbranched alkanes of at least 4 members (excludes halogenated alkanes) is 2. The number of hydrogen-bond acceptors (Lipinski definition) is 5. The Hall–Kier alpha value is -3.35. The molecule has 0 aromatic heterocycles. The molecule has 1 heterocycles. The lowest BCUT2D eigenvalue weighted by Crippen LogP contribution is -2.41. The number of nitrogens with zero attached hydrogens (tertiary/aromatic N) is 1. The van der Waals surface area contributed by atoms with Crippen molar-refractivity contribution >= 4 is 28.6 Å². The topological polar surface area (TPSA) is 84.9 Å². The Balaban J connectivity index is 1.37. The number of carbonyl (C=O) groups is 3. The van der Waals surface area contributed by atoms with Crippen molar-refractivity contribution in [3.63, 3.8) is 0 Å². The summed E-state index contributed by atoms with van der Waals surface area (Å²) in [4.78, 5) is 39.6. The molecule has 2 fully saturated rings. The Labute approximate surface area is 225 Å². The van der Waals surface area contributed by atoms with Crippen molar-refractivity contribution in [2.45, 2.75) is 70.3 Å². The fourth-order valence-electron chi connectivity index (χ4n) is 5.45. The van der Waals surface area contributed by atoms with Crippen LogP contribution in [0, 0.1) is 5.92 Å². The van der Waals surface area contributed by atoms with Crippen LogP contribution in [0.5, 0.6) is 5.75 Å². The molecule has 204 valence electrons. The predicted octanol–water partition coefficient (Wildman–Crippen LogP) is 5.18. The molecule has 1 aliphatic carbocycles. The van der Waals surface area contributed by atoms with Gasteiger partial charge >= 0.3 is 5.97 Å². The monoisotopic (exact) mass is 520 g/mol. The van der Waals surface area contributed by atoms with Crippen LogP contribution in [0.2, 0.25) is 0 Å². The third kappa shape index (κ3) is 7.59. The van der Waals surface area contributed by atoms with E-state index < -0.39 is 0 Å². The molecule has 1 aliphatic heterocycles. The van der Waals surface area contributed by atoms with Gasteiger partial charge in [0.2, 0.25) is 5.91 Å². The summed E-state index contributed by atoms with van der Waals surface area (Å²) < 4.78 is 10.9. The zero-order valence-corrected chi connectivity index (χ0v) is 22.5. The van der Waals surface area contributed by atoms with Gasteiger partial charge in [-0.3, -0.25) is 14.4 Å². The van der Waals surface area contributed by atoms with Crippen molar-refractivity contribution in [1.29, 1.82) is 0 Å². The highest BCUT2D eigenvalue weighted by Crippen LogP contribution is 2.27. The number of methoxy groups -OCH3 is 1. The molecule has 2 aliphatic rings. The summed E-state index contributed by atoms with van der Waals surface area (Å²) in [5, 5.41) is 5.23. The van der Waals surface area contributed by atoms with Crippen LogP contribution in [0.4, 0.5) is 0 Å². The first-order chi connectivity index (χ1) is 18.5. The van der Waals surface area contributed by atoms with Crippen LogP contribution in [0.1, 0.15) is 64.2 Å². The van der Waals surface area contributed by atoms with E-state index >= 15 is 0 Å². The molecule has 1 atom stereocenters. The molecule has 1 saturated carbocycles. The minimum Gasteiger partial charge on any atom is -0.488 e. The largest absolute Gasteiger partial charge is 0.488 e. The molecule has 1 unspecified atom stereocenters. The lowest BCUT2D eigenvalue weighted by Gasteiger charge is -2.26. The zero-order chi connectivity index (χ0) is 26.7. The molecule has 7 nitrogen and oxygen atoms in total. The van der Waals surface area contributed by atoms with E-state index in [1.165, 1.54) is 13.5 Å². The Bertz CT molecular complexity index is 1130. The molecule has 1 N–H and O–H groups in total. The summed E-state index contributed by atoms with van der Waals surface area (Å²) >= 11 is 0. The van der Waals surface area contributed by atoms with Crippen molar-refractivity contribution in [2.75, 3.05) is 26.8 Å². The van der Waals surface area contributed by atoms with Crippen LogP contribution >= 0.6 is 0 Å². The van der Waals surface area contributed by atoms with Gasteiger partial charge in [0, 0.05) is 36.9 Å². The van der Waals surface area contributed by atoms with E-state index in [1.807, 2.05) is 53.4 Å². The number of hydrogen-bond donors (Lipinski definition) is 1. The molecular weight excluding hydrogens is 480 g/mol. The first-order valence-corrected chi connectivity index (χ1v) is 14.0. The van der Waals surface area contributed by atoms with Crippen LogP contribution < -0.4 is 10.1 Å². The van der Waals surface area contributed by atoms with Gasteiger partial charge in [0.05, 0.1) is 12.7 Å². The SMILES string of the molecule is COC(=O)CCCCC=C(COc1cccc2ccccc12)C(=O)NC1CCN(C(=O)C2CCCCC2)C1. The molecule has 7 heteroatoms. The van der Waals surface area contributed by atoms with Crippen LogP contribution in [-0.2, 0) is 19.1 Å². The van der Waals surface area contributed by atoms with Crippen molar-refractivity contribution < 1.29 is 23.9 Å². The molecule has 2 aromatic rings. The second-order valence-corrected chi connectivity index (χ2v) is 10.4. The van der Waals surface area contributed by atoms with E-state index in [1.54, 1.807) is 0 Å². The van der Waals surface area contributed by atoms with Crippen molar-refractivity contribution in [3.8, 4) is 5.75 Å². The van der Waals surface area contributed by atoms with E-state index in [4.69, 9.17) is 9.47 Å². The molecule has 38 heavy (non-hydrogen) atoms. The lowest BCUT2D eigenvalue weighted by atomic mass is 9.88. The Morgan fingerprint density at radius 2 is 1.79 bits per heavy atom. The maximum Gasteiger partial charge on any atom is 0.305 e. The van der Waals surface area contributed by atoms with Gasteiger partial charge in [0.25, 0.3) is 5.91 Å². The summed E-state index contributed by atoms with van der Waals surface area (Å²) in [5.74, 6) is 0.752. The van der Waals surface area contributed by atoms with Gasteiger partial charge in [-0.2, -0.15) is 0 Å². The standard InChI is InChI=1S/C31H40N2O5/c1-37-29(34)18-7-3-6-14-25(22-38-28-17-10-15-23-11-8-9-16-27(23)28)30(35)32-26-19-20-33(21-26)31(36)24-12-4-2-5-13-24/h8-11,14-17,24,26H,2-7,12-13,18-22H2,1H3,(H,32,35). The summed E-state index contributed by atoms with van der Waals surface area (Å²) in [6.07, 6.45) is 10.6. The van der Waals surface area contributed by atoms with Gasteiger partial charge < -0.3 is 19.7 Å². The fraction of sp³-hybridized carbons (Fsp3) is 0.516. The Kier molecular flexibility index (Phi) is 10.2. The molecule has 0 bridgehead atoms. The van der Waals surface area contributed by atoms with Crippen molar-refractivity contribution in [1.82, 2.24) is 10.2 Å². The minimum absolute atomic E-state index is 0.0599. The third-order valence-electron chi connectivity index (χ3n) is 7.67. The highest BCUT2D eigenvalue weighted by molar-refractivity contribution is 5.94. The van der Waals surface area contributed by atoms with Crippen LogP contribution in [0.3, 0.4) is 0 Å². The number of amides is 2. The van der Waals surface area contributed by atoms with Gasteiger partial charge in [0.1, 0.15) is 12.4 Å². The number of carbonyl (C=O) groups excluding carboxylic acids is 3. The second-order valence-electron chi connectivity index (χ2n) is 10.4. The number of fused-ring (bicyclic) bond motifs is 1. The normalized spacial score (nSPS) is 18.4. The van der Waals surface area contributed by atoms with Crippen LogP contribution in [0.15, 0.2) is 54.1 Å². The Morgan fingerprint density at radius 1 is 1.00 bits per heavy atom. The molecule has 4 rings (SSSR count). The smallest absolute Gasteiger partial charge is 0.305 e. The van der Waals surface area contributed by atoms with E-state index in [2.05, 4.69) is 5.32 Å². The predicted molar refractivity (Wildman–Crippen MR) is 148 cm³/mol. The molecule has 0 radical (unpaired) electrons. The lowest BCUT2D eigenvalue weighted by molar-refractivity contribution is -0.140. The summed E-state index contributed by atoms with van der Waals surface area (Å²) in [6.45, 7) is 1.41. The van der Waals surface area contributed by atoms with Crippen LogP contribution in [0.25, 0.3) is 10.8 Å². The van der Waals surface area contributed by atoms with Gasteiger partial charge in [-0.25, -0.2) is 0 Å². The molecule has 1 saturated heterocycles. The molecule has 0 spiro atoms. The first-order valence-electron chi connectivity index (χ1n) is 14.0. The summed E-state index contributed by atoms with van der Waals surface area (Å²) in [5.41, 5.74) is 0.563. The number of likely N-dealkylation sites (tertiary alicyclic amines) is 1. The average Bonchev–Trinajstić information content (AvgIpc) is 3.42. The van der Waals surface area contributed by atoms with Crippen molar-refractivity contribution in [3.05, 3.63) is 54.1 Å². The zero-order valence-electron chi connectivity index (χ0n) is 22.5. The summed E-state index contributed by atoms with van der Waals surface area (Å²) in [7, 11) is 1.39. The highest BCUT2D eigenvalue weighted by Gasteiger charge is 2.32. The van der Waals surface area contributed by atoms with Gasteiger partial charge in [-0.1, -0.05) is 61.7 Å². The number of rotatable bonds is 11. The highest BCUT2D eigenvalue weighted by atomic mass is 16.5. The van der Waals surface area contributed by atoms with Gasteiger partial charge in [-0.15, -0.1) is 0 Å². The van der Waals surface area contributed by atoms with Crippen LogP contribution in [-0.4, -0.2) is 55.5 Å². The number of esters is 1. The number of nitrogens with one attached hydrogen (secondary N) is 1. The average molecular weight is 521 g/mol. The minimum atomic E-state index is -0.222. The Morgan fingerprint density at radius 3 is 2.61 bits per heavy atom. The van der Waals surface area contributed by atoms with E-state index in [9.17, 15) is 14.4 Å². The van der Waals surface area contributed by atoms with Gasteiger partial charge in [0.15, 0.2) is 0 Å². The molecule has 2 amide bonds. The maximum atomic E-state index is 13.3. The molecular formula is C31H40N2O5.